The van der Waals surface area contributed by atoms with Crippen molar-refractivity contribution in [2.24, 2.45) is 17.8 Å². The van der Waals surface area contributed by atoms with Crippen LogP contribution in [0.1, 0.15) is 26.1 Å². The minimum absolute atomic E-state index is 0.144. The van der Waals surface area contributed by atoms with E-state index in [1.165, 1.54) is 6.42 Å². The van der Waals surface area contributed by atoms with Gasteiger partial charge >= 0.3 is 0 Å². The molecule has 1 saturated carbocycles. The molecule has 0 aromatic carbocycles. The lowest BCUT2D eigenvalue weighted by Crippen LogP contribution is -2.60. The van der Waals surface area contributed by atoms with Gasteiger partial charge < -0.3 is 15.0 Å². The molecule has 6 heteroatoms. The fourth-order valence-corrected chi connectivity index (χ4v) is 4.28. The van der Waals surface area contributed by atoms with Gasteiger partial charge in [-0.1, -0.05) is 11.6 Å². The molecule has 4 rings (SSSR count). The van der Waals surface area contributed by atoms with E-state index >= 15 is 0 Å². The van der Waals surface area contributed by atoms with Crippen LogP contribution in [0.2, 0.25) is 5.02 Å². The first-order valence-corrected chi connectivity index (χ1v) is 8.50. The third kappa shape index (κ3) is 2.34. The quantitative estimate of drug-likeness (QED) is 0.906. The fourth-order valence-electron chi connectivity index (χ4n) is 4.07. The number of halogens is 1. The summed E-state index contributed by atoms with van der Waals surface area (Å²) in [6, 6.07) is 3.73. The predicted octanol–water partition coefficient (Wildman–Crippen LogP) is 2.19. The molecule has 2 bridgehead atoms. The molecule has 0 radical (unpaired) electrons. The SMILES string of the molecule is CC(C)(NC(=O)C1C2CNC[C@H]1C2)c1ncc2c(Cl)cccn12. The van der Waals surface area contributed by atoms with Crippen molar-refractivity contribution in [3.05, 3.63) is 35.4 Å². The van der Waals surface area contributed by atoms with Crippen LogP contribution in [0.4, 0.5) is 0 Å². The van der Waals surface area contributed by atoms with E-state index in [-0.39, 0.29) is 11.8 Å². The van der Waals surface area contributed by atoms with E-state index < -0.39 is 5.54 Å². The fraction of sp³-hybridized carbons (Fsp3) is 0.529. The lowest BCUT2D eigenvalue weighted by Gasteiger charge is -2.49. The zero-order chi connectivity index (χ0) is 16.2. The Morgan fingerprint density at radius 1 is 1.43 bits per heavy atom. The number of carbonyl (C=O) groups excluding carboxylic acids is 1. The Morgan fingerprint density at radius 2 is 2.17 bits per heavy atom. The smallest absolute Gasteiger partial charge is 0.224 e. The van der Waals surface area contributed by atoms with E-state index in [4.69, 9.17) is 11.6 Å². The van der Waals surface area contributed by atoms with Gasteiger partial charge in [0.05, 0.1) is 22.3 Å². The molecule has 2 aromatic heterocycles. The lowest BCUT2D eigenvalue weighted by atomic mass is 9.61. The number of hydrogen-bond donors (Lipinski definition) is 2. The van der Waals surface area contributed by atoms with Crippen LogP contribution in [-0.4, -0.2) is 28.4 Å². The number of aromatic nitrogens is 2. The Labute approximate surface area is 140 Å². The second-order valence-electron chi connectivity index (χ2n) is 7.25. The molecule has 1 aliphatic heterocycles. The average molecular weight is 333 g/mol. The maximum Gasteiger partial charge on any atom is 0.224 e. The molecule has 1 aliphatic carbocycles. The normalized spacial score (nSPS) is 26.8. The highest BCUT2D eigenvalue weighted by Gasteiger charge is 2.48. The zero-order valence-corrected chi connectivity index (χ0v) is 14.1. The zero-order valence-electron chi connectivity index (χ0n) is 13.3. The number of nitrogens with one attached hydrogen (secondary N) is 2. The molecule has 0 spiro atoms. The molecule has 2 aliphatic rings. The number of hydrogen-bond acceptors (Lipinski definition) is 3. The molecular weight excluding hydrogens is 312 g/mol. The van der Waals surface area contributed by atoms with Crippen LogP contribution in [0.5, 0.6) is 0 Å². The molecule has 1 amide bonds. The first-order valence-electron chi connectivity index (χ1n) is 8.12. The van der Waals surface area contributed by atoms with Gasteiger partial charge in [-0.2, -0.15) is 0 Å². The van der Waals surface area contributed by atoms with Crippen molar-refractivity contribution in [1.82, 2.24) is 20.0 Å². The van der Waals surface area contributed by atoms with E-state index in [0.717, 1.165) is 24.4 Å². The summed E-state index contributed by atoms with van der Waals surface area (Å²) in [6.45, 7) is 5.90. The van der Waals surface area contributed by atoms with E-state index in [0.29, 0.717) is 16.9 Å². The van der Waals surface area contributed by atoms with Gasteiger partial charge in [0.15, 0.2) is 0 Å². The maximum atomic E-state index is 12.8. The second kappa shape index (κ2) is 5.21. The molecule has 23 heavy (non-hydrogen) atoms. The molecule has 2 aromatic rings. The van der Waals surface area contributed by atoms with Crippen molar-refractivity contribution < 1.29 is 4.79 Å². The summed E-state index contributed by atoms with van der Waals surface area (Å²) in [5.74, 6) is 2.06. The Morgan fingerprint density at radius 3 is 2.87 bits per heavy atom. The largest absolute Gasteiger partial charge is 0.344 e. The summed E-state index contributed by atoms with van der Waals surface area (Å²) in [6.07, 6.45) is 4.86. The van der Waals surface area contributed by atoms with Gasteiger partial charge in [0.2, 0.25) is 5.91 Å². The first kappa shape index (κ1) is 15.0. The lowest BCUT2D eigenvalue weighted by molar-refractivity contribution is -0.138. The number of nitrogens with zero attached hydrogens (tertiary/aromatic N) is 2. The average Bonchev–Trinajstić information content (AvgIpc) is 2.93. The minimum atomic E-state index is -0.550. The molecule has 2 N–H and O–H groups in total. The highest BCUT2D eigenvalue weighted by Crippen LogP contribution is 2.43. The molecule has 2 fully saturated rings. The number of carbonyl (C=O) groups is 1. The van der Waals surface area contributed by atoms with Gasteiger partial charge in [-0.3, -0.25) is 4.79 Å². The van der Waals surface area contributed by atoms with E-state index in [2.05, 4.69) is 15.6 Å². The summed E-state index contributed by atoms with van der Waals surface area (Å²) in [5.41, 5.74) is 0.307. The van der Waals surface area contributed by atoms with Gasteiger partial charge in [0.1, 0.15) is 5.82 Å². The van der Waals surface area contributed by atoms with Crippen LogP contribution in [0, 0.1) is 17.8 Å². The van der Waals surface area contributed by atoms with Crippen molar-refractivity contribution >= 4 is 23.0 Å². The van der Waals surface area contributed by atoms with E-state index in [1.807, 2.05) is 36.6 Å². The molecule has 1 saturated heterocycles. The standard InChI is InChI=1S/C17H21ClN4O/c1-17(2,16-20-9-13-12(18)4-3-5-22(13)16)21-15(23)14-10-6-11(14)8-19-7-10/h3-5,9-11,14,19H,6-8H2,1-2H3,(H,21,23)/t10-,11?,14?/m1/s1. The Bertz CT molecular complexity index is 755. The molecule has 122 valence electrons. The summed E-state index contributed by atoms with van der Waals surface area (Å²) in [4.78, 5) is 17.3. The maximum absolute atomic E-state index is 12.8. The van der Waals surface area contributed by atoms with Crippen molar-refractivity contribution in [2.45, 2.75) is 25.8 Å². The van der Waals surface area contributed by atoms with Gasteiger partial charge in [0, 0.05) is 12.1 Å². The number of fused-ring (bicyclic) bond motifs is 3. The topological polar surface area (TPSA) is 58.4 Å². The summed E-state index contributed by atoms with van der Waals surface area (Å²) in [5, 5.41) is 7.25. The van der Waals surface area contributed by atoms with E-state index in [1.54, 1.807) is 6.20 Å². The van der Waals surface area contributed by atoms with Crippen LogP contribution in [0.3, 0.4) is 0 Å². The van der Waals surface area contributed by atoms with Crippen molar-refractivity contribution in [2.75, 3.05) is 13.1 Å². The second-order valence-corrected chi connectivity index (χ2v) is 7.65. The van der Waals surface area contributed by atoms with Gasteiger partial charge in [-0.15, -0.1) is 0 Å². The molecule has 3 atom stereocenters. The van der Waals surface area contributed by atoms with Crippen LogP contribution < -0.4 is 10.6 Å². The molecular formula is C17H21ClN4O. The highest BCUT2D eigenvalue weighted by molar-refractivity contribution is 6.33. The Hall–Kier alpha value is -1.59. The van der Waals surface area contributed by atoms with Crippen molar-refractivity contribution in [3.8, 4) is 0 Å². The molecule has 5 nitrogen and oxygen atoms in total. The Kier molecular flexibility index (Phi) is 3.39. The third-order valence-electron chi connectivity index (χ3n) is 5.25. The number of imidazole rings is 1. The van der Waals surface area contributed by atoms with Gasteiger partial charge in [-0.05, 0) is 57.3 Å². The van der Waals surface area contributed by atoms with Crippen LogP contribution in [0.15, 0.2) is 24.5 Å². The number of piperidine rings is 2. The van der Waals surface area contributed by atoms with Gasteiger partial charge in [-0.25, -0.2) is 4.98 Å². The summed E-state index contributed by atoms with van der Waals surface area (Å²) >= 11 is 6.22. The predicted molar refractivity (Wildman–Crippen MR) is 89.3 cm³/mol. The van der Waals surface area contributed by atoms with Gasteiger partial charge in [0.25, 0.3) is 0 Å². The number of rotatable bonds is 3. The van der Waals surface area contributed by atoms with Crippen LogP contribution >= 0.6 is 11.6 Å². The monoisotopic (exact) mass is 332 g/mol. The van der Waals surface area contributed by atoms with Crippen molar-refractivity contribution in [3.63, 3.8) is 0 Å². The van der Waals surface area contributed by atoms with Crippen LogP contribution in [0.25, 0.3) is 5.52 Å². The summed E-state index contributed by atoms with van der Waals surface area (Å²) < 4.78 is 1.95. The van der Waals surface area contributed by atoms with E-state index in [9.17, 15) is 4.79 Å². The Balaban J connectivity index is 1.59. The molecule has 2 unspecified atom stereocenters. The number of pyridine rings is 1. The summed E-state index contributed by atoms with van der Waals surface area (Å²) in [7, 11) is 0. The van der Waals surface area contributed by atoms with Crippen LogP contribution in [-0.2, 0) is 10.3 Å². The minimum Gasteiger partial charge on any atom is -0.344 e. The third-order valence-corrected chi connectivity index (χ3v) is 5.57. The first-order chi connectivity index (χ1) is 11.0. The highest BCUT2D eigenvalue weighted by atomic mass is 35.5. The number of amides is 1. The van der Waals surface area contributed by atoms with Crippen molar-refractivity contribution in [1.29, 1.82) is 0 Å². The molecule has 3 heterocycles.